The highest BCUT2D eigenvalue weighted by Crippen LogP contribution is 2.38. The first-order valence-corrected chi connectivity index (χ1v) is 17.1. The van der Waals surface area contributed by atoms with Crippen LogP contribution in [-0.2, 0) is 17.6 Å². The van der Waals surface area contributed by atoms with E-state index in [0.29, 0.717) is 26.3 Å². The first kappa shape index (κ1) is 29.9. The molecule has 9 heteroatoms. The number of fused-ring (bicyclic) bond motifs is 2. The average Bonchev–Trinajstić information content (AvgIpc) is 3.66. The Bertz CT molecular complexity index is 2280. The van der Waals surface area contributed by atoms with Gasteiger partial charge in [0.25, 0.3) is 11.5 Å². The molecule has 0 unspecified atom stereocenters. The third-order valence-electron chi connectivity index (χ3n) is 8.92. The van der Waals surface area contributed by atoms with Crippen LogP contribution in [-0.4, -0.2) is 15.0 Å². The van der Waals surface area contributed by atoms with Gasteiger partial charge >= 0.3 is 0 Å². The van der Waals surface area contributed by atoms with E-state index in [1.165, 1.54) is 21.8 Å². The minimum absolute atomic E-state index is 0.194. The molecule has 1 N–H and O–H groups in total. The number of allylic oxidation sites excluding steroid dienone is 1. The van der Waals surface area contributed by atoms with Gasteiger partial charge in [-0.3, -0.25) is 14.2 Å². The average molecular weight is 644 g/mol. The van der Waals surface area contributed by atoms with Crippen LogP contribution < -0.4 is 20.2 Å². The molecule has 1 aliphatic heterocycles. The molecule has 230 valence electrons. The fourth-order valence-electron chi connectivity index (χ4n) is 6.61. The molecule has 1 atom stereocenters. The fourth-order valence-corrected chi connectivity index (χ4v) is 9.10. The Labute approximate surface area is 275 Å². The number of carbonyl (C=O) groups excluding carboxylic acids is 1. The van der Waals surface area contributed by atoms with Crippen LogP contribution in [0.3, 0.4) is 0 Å². The van der Waals surface area contributed by atoms with Crippen LogP contribution in [0.2, 0.25) is 0 Å². The van der Waals surface area contributed by atoms with Crippen molar-refractivity contribution in [1.82, 2.24) is 9.13 Å². The van der Waals surface area contributed by atoms with Gasteiger partial charge in [0.2, 0.25) is 0 Å². The third kappa shape index (κ3) is 5.08. The maximum Gasteiger partial charge on any atom is 0.271 e. The fraction of sp³-hybridized carbons (Fsp3) is 0.243. The minimum Gasteiger partial charge on any atom is -0.322 e. The van der Waals surface area contributed by atoms with Crippen LogP contribution >= 0.6 is 22.7 Å². The van der Waals surface area contributed by atoms with Crippen LogP contribution in [0.4, 0.5) is 5.69 Å². The van der Waals surface area contributed by atoms with Gasteiger partial charge in [-0.2, -0.15) is 5.26 Å². The zero-order valence-electron chi connectivity index (χ0n) is 26.2. The second-order valence-electron chi connectivity index (χ2n) is 12.0. The summed E-state index contributed by atoms with van der Waals surface area (Å²) >= 11 is 3.05. The highest BCUT2D eigenvalue weighted by atomic mass is 32.1. The highest BCUT2D eigenvalue weighted by Gasteiger charge is 2.32. The number of hydrogen-bond acceptors (Lipinski definition) is 6. The van der Waals surface area contributed by atoms with Crippen molar-refractivity contribution in [3.63, 3.8) is 0 Å². The van der Waals surface area contributed by atoms with Gasteiger partial charge in [0.05, 0.1) is 27.4 Å². The highest BCUT2D eigenvalue weighted by molar-refractivity contribution is 7.15. The summed E-state index contributed by atoms with van der Waals surface area (Å²) in [5, 5.41) is 14.1. The predicted octanol–water partition coefficient (Wildman–Crippen LogP) is 6.40. The second-order valence-corrected chi connectivity index (χ2v) is 14.1. The Morgan fingerprint density at radius 1 is 1.02 bits per heavy atom. The number of hydrogen-bond donors (Lipinski definition) is 1. The summed E-state index contributed by atoms with van der Waals surface area (Å²) in [5.41, 5.74) is 8.33. The SMILES string of the molecule is CC1=C(C(=O)Nc2ccccc2)[C@@H](c2ccc(C)cc2)n2c(s/c(=C/c3cc(C)n(-c4sc5c(c4C#N)CCCC5)c3C)c2=O)=N1. The minimum atomic E-state index is -0.634. The van der Waals surface area contributed by atoms with Crippen molar-refractivity contribution in [1.29, 1.82) is 5.26 Å². The molecule has 2 aromatic carbocycles. The van der Waals surface area contributed by atoms with Gasteiger partial charge < -0.3 is 9.88 Å². The molecule has 0 bridgehead atoms. The molecule has 46 heavy (non-hydrogen) atoms. The molecule has 7 rings (SSSR count). The molecule has 2 aliphatic rings. The molecule has 1 aliphatic carbocycles. The number of nitriles is 1. The number of aromatic nitrogens is 2. The Balaban J connectivity index is 1.35. The normalized spacial score (nSPS) is 16.1. The van der Waals surface area contributed by atoms with Crippen molar-refractivity contribution < 1.29 is 4.79 Å². The van der Waals surface area contributed by atoms with E-state index >= 15 is 0 Å². The quantitative estimate of drug-likeness (QED) is 0.240. The molecule has 4 heterocycles. The summed E-state index contributed by atoms with van der Waals surface area (Å²) in [6.45, 7) is 7.94. The smallest absolute Gasteiger partial charge is 0.271 e. The van der Waals surface area contributed by atoms with Gasteiger partial charge in [0.1, 0.15) is 11.1 Å². The van der Waals surface area contributed by atoms with E-state index in [2.05, 4.69) is 22.0 Å². The maximum atomic E-state index is 14.3. The lowest BCUT2D eigenvalue weighted by Crippen LogP contribution is -2.40. The first-order valence-electron chi connectivity index (χ1n) is 15.4. The zero-order valence-corrected chi connectivity index (χ0v) is 27.8. The van der Waals surface area contributed by atoms with E-state index in [4.69, 9.17) is 4.99 Å². The number of para-hydroxylation sites is 1. The van der Waals surface area contributed by atoms with Crippen molar-refractivity contribution in [3.05, 3.63) is 136 Å². The Morgan fingerprint density at radius 3 is 2.50 bits per heavy atom. The summed E-state index contributed by atoms with van der Waals surface area (Å²) in [6, 6.07) is 21.2. The number of nitrogens with zero attached hydrogens (tertiary/aromatic N) is 4. The Morgan fingerprint density at radius 2 is 1.76 bits per heavy atom. The maximum absolute atomic E-state index is 14.3. The van der Waals surface area contributed by atoms with Crippen molar-refractivity contribution >= 4 is 40.3 Å². The van der Waals surface area contributed by atoms with Crippen molar-refractivity contribution in [2.75, 3.05) is 5.32 Å². The number of carbonyl (C=O) groups is 1. The standard InChI is InChI=1S/C37H33N5O2S2/c1-21-14-16-25(17-15-21)33-32(34(43)40-27-10-6-5-7-11-27)23(3)39-37-42(33)35(44)31(46-37)19-26-18-22(2)41(24(26)4)36-29(20-38)28-12-8-9-13-30(28)45-36/h5-7,10-11,14-19,33H,8-9,12-13H2,1-4H3,(H,40,43)/b31-19+/t33-/m1/s1. The van der Waals surface area contributed by atoms with Crippen LogP contribution in [0.15, 0.2) is 81.7 Å². The largest absolute Gasteiger partial charge is 0.322 e. The molecule has 0 saturated heterocycles. The first-order chi connectivity index (χ1) is 22.2. The topological polar surface area (TPSA) is 92.2 Å². The van der Waals surface area contributed by atoms with E-state index in [1.54, 1.807) is 15.9 Å². The van der Waals surface area contributed by atoms with Gasteiger partial charge in [-0.1, -0.05) is 59.4 Å². The molecule has 3 aromatic heterocycles. The Kier molecular flexibility index (Phi) is 7.71. The molecule has 1 amide bonds. The van der Waals surface area contributed by atoms with E-state index in [1.807, 2.05) is 88.4 Å². The lowest BCUT2D eigenvalue weighted by Gasteiger charge is -2.25. The molecular formula is C37H33N5O2S2. The van der Waals surface area contributed by atoms with Crippen molar-refractivity contribution in [2.24, 2.45) is 4.99 Å². The summed E-state index contributed by atoms with van der Waals surface area (Å²) in [6.07, 6.45) is 6.18. The monoisotopic (exact) mass is 643 g/mol. The number of anilines is 1. The van der Waals surface area contributed by atoms with Crippen LogP contribution in [0.5, 0.6) is 0 Å². The Hall–Kier alpha value is -4.78. The number of thiazole rings is 1. The van der Waals surface area contributed by atoms with Crippen LogP contribution in [0, 0.1) is 32.1 Å². The number of rotatable bonds is 5. The van der Waals surface area contributed by atoms with E-state index in [9.17, 15) is 14.9 Å². The van der Waals surface area contributed by atoms with E-state index in [-0.39, 0.29) is 11.5 Å². The van der Waals surface area contributed by atoms with Crippen LogP contribution in [0.1, 0.15) is 69.9 Å². The third-order valence-corrected chi connectivity index (χ3v) is 11.2. The van der Waals surface area contributed by atoms with Gasteiger partial charge in [0.15, 0.2) is 4.80 Å². The molecule has 0 radical (unpaired) electrons. The molecule has 0 saturated carbocycles. The predicted molar refractivity (Wildman–Crippen MR) is 184 cm³/mol. The number of benzene rings is 2. The number of aryl methyl sites for hydroxylation is 3. The van der Waals surface area contributed by atoms with E-state index < -0.39 is 6.04 Å². The summed E-state index contributed by atoms with van der Waals surface area (Å²) in [4.78, 5) is 34.8. The molecule has 0 spiro atoms. The molecular weight excluding hydrogens is 611 g/mol. The van der Waals surface area contributed by atoms with Gasteiger partial charge in [-0.25, -0.2) is 4.99 Å². The van der Waals surface area contributed by atoms with Crippen molar-refractivity contribution in [3.8, 4) is 11.1 Å². The second kappa shape index (κ2) is 11.9. The zero-order chi connectivity index (χ0) is 32.1. The molecule has 7 nitrogen and oxygen atoms in total. The summed E-state index contributed by atoms with van der Waals surface area (Å²) in [7, 11) is 0. The van der Waals surface area contributed by atoms with Gasteiger partial charge in [-0.05, 0) is 94.3 Å². The van der Waals surface area contributed by atoms with Crippen LogP contribution in [0.25, 0.3) is 11.1 Å². The van der Waals surface area contributed by atoms with Gasteiger partial charge in [-0.15, -0.1) is 11.3 Å². The molecule has 0 fully saturated rings. The summed E-state index contributed by atoms with van der Waals surface area (Å²) < 4.78 is 4.36. The number of amides is 1. The van der Waals surface area contributed by atoms with E-state index in [0.717, 1.165) is 64.3 Å². The van der Waals surface area contributed by atoms with Crippen molar-refractivity contribution in [2.45, 2.75) is 59.4 Å². The summed E-state index contributed by atoms with van der Waals surface area (Å²) in [5.74, 6) is -0.289. The lowest BCUT2D eigenvalue weighted by molar-refractivity contribution is -0.113. The number of nitrogens with one attached hydrogen (secondary N) is 1. The van der Waals surface area contributed by atoms with Gasteiger partial charge in [0, 0.05) is 22.0 Å². The lowest BCUT2D eigenvalue weighted by atomic mass is 9.94. The number of thiophene rings is 1. The molecule has 5 aromatic rings.